The van der Waals surface area contributed by atoms with Gasteiger partial charge in [-0.2, -0.15) is 0 Å². The van der Waals surface area contributed by atoms with Gasteiger partial charge in [0.15, 0.2) is 0 Å². The zero-order valence-corrected chi connectivity index (χ0v) is 12.0. The molecule has 0 aromatic carbocycles. The molecule has 0 bridgehead atoms. The third kappa shape index (κ3) is 5.33. The Kier molecular flexibility index (Phi) is 6.60. The van der Waals surface area contributed by atoms with E-state index in [1.165, 1.54) is 0 Å². The van der Waals surface area contributed by atoms with E-state index in [2.05, 4.69) is 18.7 Å². The number of likely N-dealkylation sites (N-methyl/N-ethyl adjacent to an activating group) is 1. The van der Waals surface area contributed by atoms with Crippen molar-refractivity contribution >= 4 is 5.97 Å². The Balaban J connectivity index is 2.30. The molecule has 5 heteroatoms. The number of carbonyl (C=O) groups excluding carboxylic acids is 1. The first kappa shape index (κ1) is 15.4. The summed E-state index contributed by atoms with van der Waals surface area (Å²) in [6, 6.07) is 0.548. The Bertz CT molecular complexity index is 259. The second-order valence-corrected chi connectivity index (χ2v) is 5.08. The van der Waals surface area contributed by atoms with Gasteiger partial charge in [0.25, 0.3) is 0 Å². The lowest BCUT2D eigenvalue weighted by molar-refractivity contribution is -0.144. The lowest BCUT2D eigenvalue weighted by Crippen LogP contribution is -2.49. The minimum Gasteiger partial charge on any atom is -0.465 e. The molecule has 0 aromatic rings. The van der Waals surface area contributed by atoms with Gasteiger partial charge in [-0.15, -0.1) is 0 Å². The van der Waals surface area contributed by atoms with E-state index in [4.69, 9.17) is 9.47 Å². The second kappa shape index (κ2) is 7.71. The van der Waals surface area contributed by atoms with Crippen molar-refractivity contribution in [3.8, 4) is 0 Å². The molecule has 1 fully saturated rings. The summed E-state index contributed by atoms with van der Waals surface area (Å²) in [5.41, 5.74) is 0. The van der Waals surface area contributed by atoms with Gasteiger partial charge in [-0.1, -0.05) is 0 Å². The fraction of sp³-hybridized carbons (Fsp3) is 0.923. The summed E-state index contributed by atoms with van der Waals surface area (Å²) >= 11 is 0. The van der Waals surface area contributed by atoms with Crippen LogP contribution in [0.4, 0.5) is 0 Å². The van der Waals surface area contributed by atoms with Crippen LogP contribution in [-0.2, 0) is 14.3 Å². The Morgan fingerprint density at radius 3 is 2.89 bits per heavy atom. The molecule has 106 valence electrons. The molecule has 1 aliphatic heterocycles. The predicted molar refractivity (Wildman–Crippen MR) is 70.6 cm³/mol. The Morgan fingerprint density at radius 2 is 2.28 bits per heavy atom. The van der Waals surface area contributed by atoms with Crippen molar-refractivity contribution in [1.29, 1.82) is 0 Å². The molecule has 1 unspecified atom stereocenters. The Morgan fingerprint density at radius 1 is 1.56 bits per heavy atom. The number of nitrogens with zero attached hydrogens (tertiary/aromatic N) is 2. The van der Waals surface area contributed by atoms with Crippen molar-refractivity contribution < 1.29 is 14.3 Å². The van der Waals surface area contributed by atoms with Crippen molar-refractivity contribution in [2.45, 2.75) is 32.9 Å². The molecule has 0 N–H and O–H groups in total. The molecule has 0 radical (unpaired) electrons. The van der Waals surface area contributed by atoms with E-state index < -0.39 is 0 Å². The van der Waals surface area contributed by atoms with Gasteiger partial charge in [-0.3, -0.25) is 14.6 Å². The van der Waals surface area contributed by atoms with Crippen molar-refractivity contribution in [2.75, 3.05) is 46.4 Å². The van der Waals surface area contributed by atoms with Crippen LogP contribution < -0.4 is 0 Å². The molecule has 1 saturated heterocycles. The van der Waals surface area contributed by atoms with Crippen molar-refractivity contribution in [2.24, 2.45) is 0 Å². The highest BCUT2D eigenvalue weighted by Crippen LogP contribution is 2.09. The van der Waals surface area contributed by atoms with Crippen molar-refractivity contribution in [3.63, 3.8) is 0 Å². The molecule has 5 nitrogen and oxygen atoms in total. The summed E-state index contributed by atoms with van der Waals surface area (Å²) in [7, 11) is 1.93. The molecular formula is C13H26N2O3. The van der Waals surface area contributed by atoms with Crippen molar-refractivity contribution in [1.82, 2.24) is 9.80 Å². The van der Waals surface area contributed by atoms with E-state index in [-0.39, 0.29) is 12.1 Å². The number of ether oxygens (including phenoxy) is 2. The highest BCUT2D eigenvalue weighted by Gasteiger charge is 2.23. The highest BCUT2D eigenvalue weighted by atomic mass is 16.5. The van der Waals surface area contributed by atoms with Crippen LogP contribution in [0.3, 0.4) is 0 Å². The largest absolute Gasteiger partial charge is 0.465 e. The maximum atomic E-state index is 11.4. The number of hydrogen-bond acceptors (Lipinski definition) is 5. The Hall–Kier alpha value is -0.650. The van der Waals surface area contributed by atoms with E-state index in [0.29, 0.717) is 19.2 Å². The van der Waals surface area contributed by atoms with Crippen LogP contribution in [0.1, 0.15) is 20.8 Å². The third-order valence-electron chi connectivity index (χ3n) is 3.12. The third-order valence-corrected chi connectivity index (χ3v) is 3.12. The van der Waals surface area contributed by atoms with Crippen molar-refractivity contribution in [3.05, 3.63) is 0 Å². The summed E-state index contributed by atoms with van der Waals surface area (Å²) in [6.45, 7) is 10.5. The molecule has 1 aliphatic rings. The first-order valence-corrected chi connectivity index (χ1v) is 6.72. The van der Waals surface area contributed by atoms with E-state index in [0.717, 1.165) is 26.2 Å². The van der Waals surface area contributed by atoms with Gasteiger partial charge in [0.1, 0.15) is 0 Å². The maximum Gasteiger partial charge on any atom is 0.320 e. The lowest BCUT2D eigenvalue weighted by atomic mass is 10.2. The summed E-state index contributed by atoms with van der Waals surface area (Å²) in [4.78, 5) is 15.7. The number of carbonyl (C=O) groups is 1. The van der Waals surface area contributed by atoms with Gasteiger partial charge in [0.05, 0.1) is 25.9 Å². The van der Waals surface area contributed by atoms with Crippen LogP contribution in [-0.4, -0.2) is 74.4 Å². The molecule has 0 spiro atoms. The predicted octanol–water partition coefficient (Wildman–Crippen LogP) is 0.591. The van der Waals surface area contributed by atoms with Crippen LogP contribution >= 0.6 is 0 Å². The molecule has 1 rings (SSSR count). The van der Waals surface area contributed by atoms with E-state index in [9.17, 15) is 4.79 Å². The average molecular weight is 258 g/mol. The minimum absolute atomic E-state index is 0.170. The molecule has 18 heavy (non-hydrogen) atoms. The SMILES string of the molecule is CCOC(=O)CN(C)CC1CN(C(C)C)CCO1. The highest BCUT2D eigenvalue weighted by molar-refractivity contribution is 5.71. The fourth-order valence-corrected chi connectivity index (χ4v) is 2.16. The van der Waals surface area contributed by atoms with Crippen LogP contribution in [0.2, 0.25) is 0 Å². The molecule has 0 amide bonds. The number of rotatable bonds is 6. The molecule has 0 aromatic heterocycles. The summed E-state index contributed by atoms with van der Waals surface area (Å²) < 4.78 is 10.7. The average Bonchev–Trinajstić information content (AvgIpc) is 2.29. The molecular weight excluding hydrogens is 232 g/mol. The first-order chi connectivity index (χ1) is 8.52. The lowest BCUT2D eigenvalue weighted by Gasteiger charge is -2.36. The normalized spacial score (nSPS) is 21.6. The van der Waals surface area contributed by atoms with Gasteiger partial charge < -0.3 is 9.47 Å². The van der Waals surface area contributed by atoms with E-state index in [1.807, 2.05) is 18.9 Å². The minimum atomic E-state index is -0.170. The molecule has 0 aliphatic carbocycles. The van der Waals surface area contributed by atoms with Gasteiger partial charge >= 0.3 is 5.97 Å². The van der Waals surface area contributed by atoms with Gasteiger partial charge in [0.2, 0.25) is 0 Å². The zero-order chi connectivity index (χ0) is 13.5. The topological polar surface area (TPSA) is 42.0 Å². The van der Waals surface area contributed by atoms with E-state index in [1.54, 1.807) is 0 Å². The van der Waals surface area contributed by atoms with Crippen LogP contribution in [0, 0.1) is 0 Å². The number of esters is 1. The fourth-order valence-electron chi connectivity index (χ4n) is 2.16. The second-order valence-electron chi connectivity index (χ2n) is 5.08. The zero-order valence-electron chi connectivity index (χ0n) is 12.0. The number of hydrogen-bond donors (Lipinski definition) is 0. The molecule has 0 saturated carbocycles. The monoisotopic (exact) mass is 258 g/mol. The summed E-state index contributed by atoms with van der Waals surface area (Å²) in [6.07, 6.45) is 0.181. The molecule has 1 atom stereocenters. The Labute approximate surface area is 110 Å². The van der Waals surface area contributed by atoms with Crippen LogP contribution in [0.25, 0.3) is 0 Å². The van der Waals surface area contributed by atoms with Gasteiger partial charge in [0, 0.05) is 25.7 Å². The summed E-state index contributed by atoms with van der Waals surface area (Å²) in [5.74, 6) is -0.170. The van der Waals surface area contributed by atoms with Gasteiger partial charge in [-0.25, -0.2) is 0 Å². The standard InChI is InChI=1S/C13H26N2O3/c1-5-17-13(16)10-14(4)8-12-9-15(11(2)3)6-7-18-12/h11-12H,5-10H2,1-4H3. The quantitative estimate of drug-likeness (QED) is 0.652. The van der Waals surface area contributed by atoms with E-state index >= 15 is 0 Å². The van der Waals surface area contributed by atoms with Crippen LogP contribution in [0.5, 0.6) is 0 Å². The smallest absolute Gasteiger partial charge is 0.320 e. The van der Waals surface area contributed by atoms with Gasteiger partial charge in [-0.05, 0) is 27.8 Å². The van der Waals surface area contributed by atoms with Crippen LogP contribution in [0.15, 0.2) is 0 Å². The summed E-state index contributed by atoms with van der Waals surface area (Å²) in [5, 5.41) is 0. The maximum absolute atomic E-state index is 11.4. The molecule has 1 heterocycles. The number of morpholine rings is 1. The first-order valence-electron chi connectivity index (χ1n) is 6.72.